The molecular weight excluding hydrogens is 324 g/mol. The van der Waals surface area contributed by atoms with Crippen LogP contribution >= 0.6 is 11.3 Å². The largest absolute Gasteiger partial charge is 0.360 e. The summed E-state index contributed by atoms with van der Waals surface area (Å²) in [4.78, 5) is 30.5. The van der Waals surface area contributed by atoms with Gasteiger partial charge in [0.25, 0.3) is 0 Å². The van der Waals surface area contributed by atoms with Crippen LogP contribution in [0.3, 0.4) is 0 Å². The Labute approximate surface area is 141 Å². The van der Waals surface area contributed by atoms with E-state index in [-0.39, 0.29) is 5.91 Å². The van der Waals surface area contributed by atoms with Crippen LogP contribution in [0.4, 0.5) is 5.82 Å². The zero-order valence-corrected chi connectivity index (χ0v) is 13.6. The predicted octanol–water partition coefficient (Wildman–Crippen LogP) is 2.64. The molecule has 0 aromatic carbocycles. The maximum absolute atomic E-state index is 12.1. The molecule has 7 nitrogen and oxygen atoms in total. The second kappa shape index (κ2) is 6.32. The summed E-state index contributed by atoms with van der Waals surface area (Å²) < 4.78 is 1.21. The fourth-order valence-electron chi connectivity index (χ4n) is 2.66. The van der Waals surface area contributed by atoms with Gasteiger partial charge in [0.2, 0.25) is 5.91 Å². The Balaban J connectivity index is 1.44. The van der Waals surface area contributed by atoms with Crippen LogP contribution in [0.15, 0.2) is 37.2 Å². The molecule has 0 aliphatic heterocycles. The van der Waals surface area contributed by atoms with Crippen LogP contribution in [-0.4, -0.2) is 30.8 Å². The number of H-pyrrole nitrogens is 3. The zero-order valence-electron chi connectivity index (χ0n) is 12.8. The van der Waals surface area contributed by atoms with E-state index in [4.69, 9.17) is 0 Å². The van der Waals surface area contributed by atoms with Crippen LogP contribution in [-0.2, 0) is 24.1 Å². The summed E-state index contributed by atoms with van der Waals surface area (Å²) in [6.45, 7) is 0. The van der Waals surface area contributed by atoms with Crippen molar-refractivity contribution in [2.45, 2.75) is 19.3 Å². The molecule has 0 saturated carbocycles. The molecular formula is C16H16N6OS. The summed E-state index contributed by atoms with van der Waals surface area (Å²) in [5.41, 5.74) is 2.34. The number of aromatic nitrogens is 5. The Morgan fingerprint density at radius 3 is 3.00 bits per heavy atom. The molecule has 0 aliphatic rings. The lowest BCUT2D eigenvalue weighted by atomic mass is 10.2. The monoisotopic (exact) mass is 340 g/mol. The first-order valence-electron chi connectivity index (χ1n) is 7.63. The van der Waals surface area contributed by atoms with Crippen LogP contribution < -0.4 is 5.32 Å². The minimum Gasteiger partial charge on any atom is -0.360 e. The number of hydrogen-bond donors (Lipinski definition) is 4. The van der Waals surface area contributed by atoms with E-state index in [1.54, 1.807) is 23.7 Å². The minimum absolute atomic E-state index is 0.0553. The van der Waals surface area contributed by atoms with Gasteiger partial charge in [-0.05, 0) is 18.1 Å². The van der Waals surface area contributed by atoms with Gasteiger partial charge < -0.3 is 20.3 Å². The van der Waals surface area contributed by atoms with E-state index < -0.39 is 0 Å². The van der Waals surface area contributed by atoms with E-state index in [2.05, 4.69) is 30.2 Å². The van der Waals surface area contributed by atoms with Gasteiger partial charge in [0, 0.05) is 29.9 Å². The average molecular weight is 340 g/mol. The van der Waals surface area contributed by atoms with Crippen LogP contribution in [0.5, 0.6) is 0 Å². The van der Waals surface area contributed by atoms with E-state index in [0.717, 1.165) is 29.1 Å². The van der Waals surface area contributed by atoms with Crippen molar-refractivity contribution in [3.8, 4) is 0 Å². The number of carbonyl (C=O) groups excluding carboxylic acids is 1. The summed E-state index contributed by atoms with van der Waals surface area (Å²) in [7, 11) is 0. The predicted molar refractivity (Wildman–Crippen MR) is 93.1 cm³/mol. The molecule has 1 amide bonds. The number of hydrogen-bond acceptors (Lipinski definition) is 4. The molecule has 4 aromatic heterocycles. The van der Waals surface area contributed by atoms with Gasteiger partial charge in [0.1, 0.15) is 11.6 Å². The fraction of sp³-hybridized carbons (Fsp3) is 0.188. The molecule has 4 rings (SSSR count). The third-order valence-corrected chi connectivity index (χ3v) is 4.98. The van der Waals surface area contributed by atoms with Crippen molar-refractivity contribution in [3.63, 3.8) is 0 Å². The van der Waals surface area contributed by atoms with E-state index in [1.165, 1.54) is 16.6 Å². The first-order chi connectivity index (χ1) is 11.8. The average Bonchev–Trinajstić information content (AvgIpc) is 3.31. The van der Waals surface area contributed by atoms with Crippen molar-refractivity contribution in [1.29, 1.82) is 0 Å². The minimum atomic E-state index is -0.0553. The molecule has 8 heteroatoms. The summed E-state index contributed by atoms with van der Waals surface area (Å²) in [5.74, 6) is 1.54. The number of fused-ring (bicyclic) bond motifs is 1. The van der Waals surface area contributed by atoms with E-state index in [1.807, 2.05) is 18.5 Å². The van der Waals surface area contributed by atoms with Gasteiger partial charge in [0.05, 0.1) is 29.2 Å². The molecule has 0 atom stereocenters. The highest BCUT2D eigenvalue weighted by molar-refractivity contribution is 7.19. The number of imidazole rings is 2. The number of nitrogens with zero attached hydrogens (tertiary/aromatic N) is 2. The maximum Gasteiger partial charge on any atom is 0.230 e. The van der Waals surface area contributed by atoms with Gasteiger partial charge in [-0.15, -0.1) is 11.3 Å². The molecule has 122 valence electrons. The van der Waals surface area contributed by atoms with Crippen molar-refractivity contribution in [2.75, 3.05) is 5.32 Å². The number of aryl methyl sites for hydroxylation is 2. The van der Waals surface area contributed by atoms with E-state index >= 15 is 0 Å². The number of nitrogens with one attached hydrogen (secondary N) is 4. The molecule has 4 heterocycles. The first kappa shape index (κ1) is 14.7. The summed E-state index contributed by atoms with van der Waals surface area (Å²) >= 11 is 1.66. The molecule has 0 fully saturated rings. The second-order valence-corrected chi connectivity index (χ2v) is 6.63. The van der Waals surface area contributed by atoms with Gasteiger partial charge >= 0.3 is 0 Å². The Hall–Kier alpha value is -2.87. The molecule has 4 N–H and O–H groups in total. The normalized spacial score (nSPS) is 11.2. The highest BCUT2D eigenvalue weighted by atomic mass is 32.1. The summed E-state index contributed by atoms with van der Waals surface area (Å²) in [6, 6.07) is 2.04. The third-order valence-electron chi connectivity index (χ3n) is 3.77. The molecule has 0 bridgehead atoms. The highest BCUT2D eigenvalue weighted by Crippen LogP contribution is 2.29. The Bertz CT molecular complexity index is 935. The molecule has 24 heavy (non-hydrogen) atoms. The number of carbonyl (C=O) groups is 1. The quantitative estimate of drug-likeness (QED) is 0.434. The Morgan fingerprint density at radius 1 is 1.25 bits per heavy atom. The Kier molecular flexibility index (Phi) is 3.87. The smallest absolute Gasteiger partial charge is 0.230 e. The lowest BCUT2D eigenvalue weighted by Gasteiger charge is -2.00. The maximum atomic E-state index is 12.1. The number of amides is 1. The summed E-state index contributed by atoms with van der Waals surface area (Å²) in [6.07, 6.45) is 10.9. The van der Waals surface area contributed by atoms with Gasteiger partial charge in [-0.3, -0.25) is 4.79 Å². The zero-order chi connectivity index (χ0) is 16.4. The number of aromatic amines is 3. The van der Waals surface area contributed by atoms with Crippen molar-refractivity contribution >= 4 is 33.3 Å². The molecule has 0 spiro atoms. The summed E-state index contributed by atoms with van der Waals surface area (Å²) in [5, 5.41) is 2.79. The molecule has 0 unspecified atom stereocenters. The van der Waals surface area contributed by atoms with E-state index in [9.17, 15) is 4.79 Å². The van der Waals surface area contributed by atoms with Gasteiger partial charge in [-0.1, -0.05) is 0 Å². The van der Waals surface area contributed by atoms with Crippen LogP contribution in [0.1, 0.15) is 16.3 Å². The van der Waals surface area contributed by atoms with Crippen LogP contribution in [0.25, 0.3) is 10.2 Å². The number of anilines is 1. The van der Waals surface area contributed by atoms with Gasteiger partial charge in [-0.25, -0.2) is 9.97 Å². The molecule has 0 radical (unpaired) electrons. The van der Waals surface area contributed by atoms with Crippen molar-refractivity contribution < 1.29 is 4.79 Å². The fourth-order valence-corrected chi connectivity index (χ4v) is 3.82. The van der Waals surface area contributed by atoms with Crippen molar-refractivity contribution in [1.82, 2.24) is 24.9 Å². The molecule has 0 saturated heterocycles. The van der Waals surface area contributed by atoms with Gasteiger partial charge in [0.15, 0.2) is 0 Å². The van der Waals surface area contributed by atoms with Gasteiger partial charge in [-0.2, -0.15) is 0 Å². The third kappa shape index (κ3) is 3.09. The van der Waals surface area contributed by atoms with Crippen LogP contribution in [0.2, 0.25) is 0 Å². The lowest BCUT2D eigenvalue weighted by Crippen LogP contribution is -2.13. The second-order valence-electron chi connectivity index (χ2n) is 5.50. The van der Waals surface area contributed by atoms with Crippen LogP contribution in [0, 0.1) is 0 Å². The highest BCUT2D eigenvalue weighted by Gasteiger charge is 2.12. The van der Waals surface area contributed by atoms with Crippen molar-refractivity contribution in [2.24, 2.45) is 0 Å². The topological polar surface area (TPSA) is 102 Å². The van der Waals surface area contributed by atoms with E-state index in [0.29, 0.717) is 12.2 Å². The SMILES string of the molecule is O=C(Cc1cc2[nH]cc(CCc3ncc[nH]3)c2s1)Nc1cnc[nH]1. The first-order valence-corrected chi connectivity index (χ1v) is 8.45. The number of rotatable bonds is 6. The standard InChI is InChI=1S/C16H16N6OS/c23-15(22-14-8-17-9-21-14)6-11-5-12-16(24-11)10(7-20-12)1-2-13-18-3-4-19-13/h3-5,7-9,20H,1-2,6H2,(H,17,21)(H,18,19)(H,22,23). The molecule has 4 aromatic rings. The Morgan fingerprint density at radius 2 is 2.21 bits per heavy atom. The number of thiophene rings is 1. The molecule has 0 aliphatic carbocycles. The van der Waals surface area contributed by atoms with Crippen molar-refractivity contribution in [3.05, 3.63) is 53.4 Å². The lowest BCUT2D eigenvalue weighted by molar-refractivity contribution is -0.115.